The molecule has 0 aliphatic rings. The minimum Gasteiger partial charge on any atom is -0.493 e. The van der Waals surface area contributed by atoms with Crippen molar-refractivity contribution in [3.8, 4) is 11.5 Å². The third-order valence-electron chi connectivity index (χ3n) is 2.44. The van der Waals surface area contributed by atoms with Crippen LogP contribution in [0.3, 0.4) is 0 Å². The SMILES string of the molecule is COc1cccc(/C=N/NC(=O)C[N+](C)(C)C)c1OC. The number of hydrogen-bond acceptors (Lipinski definition) is 4. The molecule has 0 aromatic heterocycles. The van der Waals surface area contributed by atoms with E-state index in [1.165, 1.54) is 6.21 Å². The number of nitrogens with one attached hydrogen (secondary N) is 1. The van der Waals surface area contributed by atoms with E-state index in [9.17, 15) is 4.79 Å². The van der Waals surface area contributed by atoms with Gasteiger partial charge in [-0.1, -0.05) is 6.07 Å². The van der Waals surface area contributed by atoms with Crippen molar-refractivity contribution in [2.24, 2.45) is 5.10 Å². The number of amides is 1. The van der Waals surface area contributed by atoms with Crippen LogP contribution >= 0.6 is 0 Å². The molecule has 1 N–H and O–H groups in total. The predicted molar refractivity (Wildman–Crippen MR) is 78.2 cm³/mol. The van der Waals surface area contributed by atoms with Crippen LogP contribution in [0.2, 0.25) is 0 Å². The molecule has 0 spiro atoms. The number of rotatable bonds is 6. The third kappa shape index (κ3) is 4.89. The van der Waals surface area contributed by atoms with E-state index in [4.69, 9.17) is 9.47 Å². The van der Waals surface area contributed by atoms with Gasteiger partial charge in [0.25, 0.3) is 5.91 Å². The lowest BCUT2D eigenvalue weighted by atomic mass is 10.2. The molecule has 0 atom stereocenters. The van der Waals surface area contributed by atoms with Gasteiger partial charge in [-0.25, -0.2) is 5.43 Å². The number of hydrogen-bond donors (Lipinski definition) is 1. The Hall–Kier alpha value is -2.08. The van der Waals surface area contributed by atoms with Gasteiger partial charge < -0.3 is 14.0 Å². The Morgan fingerprint density at radius 2 is 2.00 bits per heavy atom. The van der Waals surface area contributed by atoms with Crippen LogP contribution in [0, 0.1) is 0 Å². The fourth-order valence-electron chi connectivity index (χ4n) is 1.65. The Morgan fingerprint density at radius 3 is 2.55 bits per heavy atom. The number of hydrazone groups is 1. The van der Waals surface area contributed by atoms with Crippen LogP contribution in [0.25, 0.3) is 0 Å². The Kier molecular flexibility index (Phi) is 5.52. The van der Waals surface area contributed by atoms with E-state index in [1.807, 2.05) is 33.3 Å². The van der Waals surface area contributed by atoms with Gasteiger partial charge in [0.05, 0.1) is 41.6 Å². The first-order chi connectivity index (χ1) is 9.37. The zero-order valence-corrected chi connectivity index (χ0v) is 12.6. The number of para-hydroxylation sites is 1. The van der Waals surface area contributed by atoms with Crippen molar-refractivity contribution >= 4 is 12.1 Å². The highest BCUT2D eigenvalue weighted by atomic mass is 16.5. The van der Waals surface area contributed by atoms with Crippen LogP contribution in [-0.2, 0) is 4.79 Å². The van der Waals surface area contributed by atoms with E-state index >= 15 is 0 Å². The van der Waals surface area contributed by atoms with Gasteiger partial charge in [-0.05, 0) is 12.1 Å². The van der Waals surface area contributed by atoms with E-state index < -0.39 is 0 Å². The van der Waals surface area contributed by atoms with Crippen molar-refractivity contribution in [1.82, 2.24) is 5.43 Å². The van der Waals surface area contributed by atoms with Gasteiger partial charge >= 0.3 is 0 Å². The number of benzene rings is 1. The molecule has 0 radical (unpaired) electrons. The highest BCUT2D eigenvalue weighted by molar-refractivity contribution is 5.86. The third-order valence-corrected chi connectivity index (χ3v) is 2.44. The first-order valence-electron chi connectivity index (χ1n) is 6.20. The van der Waals surface area contributed by atoms with E-state index in [0.29, 0.717) is 22.5 Å². The molecule has 6 heteroatoms. The maximum Gasteiger partial charge on any atom is 0.295 e. The van der Waals surface area contributed by atoms with Gasteiger partial charge in [0.1, 0.15) is 0 Å². The lowest BCUT2D eigenvalue weighted by Crippen LogP contribution is -2.43. The molecule has 1 aromatic carbocycles. The number of nitrogens with zero attached hydrogens (tertiary/aromatic N) is 2. The summed E-state index contributed by atoms with van der Waals surface area (Å²) in [6.07, 6.45) is 1.54. The van der Waals surface area contributed by atoms with Gasteiger partial charge in [0.15, 0.2) is 18.0 Å². The molecular formula is C14H22N3O3+. The zero-order valence-electron chi connectivity index (χ0n) is 12.6. The molecule has 0 saturated carbocycles. The van der Waals surface area contributed by atoms with Crippen molar-refractivity contribution in [3.05, 3.63) is 23.8 Å². The molecule has 1 rings (SSSR count). The van der Waals surface area contributed by atoms with E-state index in [1.54, 1.807) is 20.3 Å². The molecule has 1 aromatic rings. The molecule has 6 nitrogen and oxygen atoms in total. The number of carbonyl (C=O) groups is 1. The minimum atomic E-state index is -0.143. The maximum absolute atomic E-state index is 11.6. The smallest absolute Gasteiger partial charge is 0.295 e. The van der Waals surface area contributed by atoms with E-state index in [-0.39, 0.29) is 5.91 Å². The fourth-order valence-corrected chi connectivity index (χ4v) is 1.65. The summed E-state index contributed by atoms with van der Waals surface area (Å²) in [6, 6.07) is 5.46. The molecule has 0 bridgehead atoms. The van der Waals surface area contributed by atoms with Gasteiger partial charge in [-0.3, -0.25) is 4.79 Å². The highest BCUT2D eigenvalue weighted by Crippen LogP contribution is 2.29. The van der Waals surface area contributed by atoms with E-state index in [0.717, 1.165) is 5.56 Å². The number of ether oxygens (including phenoxy) is 2. The number of methoxy groups -OCH3 is 2. The van der Waals surface area contributed by atoms with Crippen LogP contribution in [0.1, 0.15) is 5.56 Å². The van der Waals surface area contributed by atoms with Crippen LogP contribution in [-0.4, -0.2) is 58.5 Å². The second-order valence-corrected chi connectivity index (χ2v) is 5.32. The van der Waals surface area contributed by atoms with Crippen molar-refractivity contribution in [2.75, 3.05) is 41.9 Å². The average molecular weight is 280 g/mol. The summed E-state index contributed by atoms with van der Waals surface area (Å²) >= 11 is 0. The first kappa shape index (κ1) is 16.0. The number of carbonyl (C=O) groups excluding carboxylic acids is 1. The summed E-state index contributed by atoms with van der Waals surface area (Å²) in [5.41, 5.74) is 3.23. The second-order valence-electron chi connectivity index (χ2n) is 5.32. The summed E-state index contributed by atoms with van der Waals surface area (Å²) < 4.78 is 11.0. The quantitative estimate of drug-likeness (QED) is 0.477. The molecular weight excluding hydrogens is 258 g/mol. The molecule has 20 heavy (non-hydrogen) atoms. The maximum atomic E-state index is 11.6. The van der Waals surface area contributed by atoms with Gasteiger partial charge in [-0.15, -0.1) is 0 Å². The molecule has 0 saturated heterocycles. The van der Waals surface area contributed by atoms with Gasteiger partial charge in [0, 0.05) is 5.56 Å². The van der Waals surface area contributed by atoms with Crippen LogP contribution in [0.5, 0.6) is 11.5 Å². The van der Waals surface area contributed by atoms with Crippen molar-refractivity contribution in [3.63, 3.8) is 0 Å². The number of likely N-dealkylation sites (N-methyl/N-ethyl adjacent to an activating group) is 1. The summed E-state index contributed by atoms with van der Waals surface area (Å²) in [7, 11) is 8.95. The fraction of sp³-hybridized carbons (Fsp3) is 0.429. The highest BCUT2D eigenvalue weighted by Gasteiger charge is 2.13. The van der Waals surface area contributed by atoms with Crippen LogP contribution in [0.4, 0.5) is 0 Å². The Morgan fingerprint density at radius 1 is 1.30 bits per heavy atom. The summed E-state index contributed by atoms with van der Waals surface area (Å²) in [6.45, 7) is 0.354. The monoisotopic (exact) mass is 280 g/mol. The van der Waals surface area contributed by atoms with Gasteiger partial charge in [0.2, 0.25) is 0 Å². The molecule has 0 aliphatic heterocycles. The van der Waals surface area contributed by atoms with Crippen molar-refractivity contribution < 1.29 is 18.8 Å². The lowest BCUT2D eigenvalue weighted by Gasteiger charge is -2.22. The average Bonchev–Trinajstić information content (AvgIpc) is 2.36. The Bertz CT molecular complexity index is 493. The van der Waals surface area contributed by atoms with E-state index in [2.05, 4.69) is 10.5 Å². The predicted octanol–water partition coefficient (Wildman–Crippen LogP) is 0.860. The summed E-state index contributed by atoms with van der Waals surface area (Å²) in [4.78, 5) is 11.6. The van der Waals surface area contributed by atoms with Crippen molar-refractivity contribution in [1.29, 1.82) is 0 Å². The van der Waals surface area contributed by atoms with Crippen LogP contribution in [0.15, 0.2) is 23.3 Å². The normalized spacial score (nSPS) is 11.4. The van der Waals surface area contributed by atoms with Crippen molar-refractivity contribution in [2.45, 2.75) is 0 Å². The number of quaternary nitrogens is 1. The lowest BCUT2D eigenvalue weighted by molar-refractivity contribution is -0.862. The first-order valence-corrected chi connectivity index (χ1v) is 6.20. The van der Waals surface area contributed by atoms with Gasteiger partial charge in [-0.2, -0.15) is 5.10 Å². The largest absolute Gasteiger partial charge is 0.493 e. The molecule has 110 valence electrons. The standard InChI is InChI=1S/C14H21N3O3/c1-17(2,3)10-13(18)16-15-9-11-7-6-8-12(19-4)14(11)20-5/h6-9H,10H2,1-5H3/p+1/b15-9+. The van der Waals surface area contributed by atoms with Crippen LogP contribution < -0.4 is 14.9 Å². The topological polar surface area (TPSA) is 59.9 Å². The Balaban J connectivity index is 2.74. The molecule has 0 fully saturated rings. The molecule has 0 heterocycles. The molecule has 0 aliphatic carbocycles. The molecule has 1 amide bonds. The Labute approximate surface area is 119 Å². The molecule has 0 unspecified atom stereocenters. The summed E-state index contributed by atoms with van der Waals surface area (Å²) in [5, 5.41) is 3.94. The minimum absolute atomic E-state index is 0.143. The summed E-state index contributed by atoms with van der Waals surface area (Å²) in [5.74, 6) is 1.06. The second kappa shape index (κ2) is 6.91. The zero-order chi connectivity index (χ0) is 15.2.